The molecule has 0 aliphatic rings. The van der Waals surface area contributed by atoms with E-state index < -0.39 is 0 Å². The summed E-state index contributed by atoms with van der Waals surface area (Å²) in [5.41, 5.74) is 0. The maximum absolute atomic E-state index is 2.48. The van der Waals surface area contributed by atoms with Crippen molar-refractivity contribution < 1.29 is 0 Å². The monoisotopic (exact) mass is 342 g/mol. The van der Waals surface area contributed by atoms with Gasteiger partial charge in [0.05, 0.1) is 0 Å². The van der Waals surface area contributed by atoms with Crippen LogP contribution >= 0.6 is 0 Å². The van der Waals surface area contributed by atoms with E-state index in [1.807, 2.05) is 0 Å². The minimum atomic E-state index is -0.265. The molecule has 0 heterocycles. The maximum atomic E-state index is 2.48. The first-order chi connectivity index (χ1) is 10.6. The second-order valence-electron chi connectivity index (χ2n) is 8.31. The van der Waals surface area contributed by atoms with Crippen LogP contribution in [-0.4, -0.2) is 17.6 Å². The molecule has 0 fully saturated rings. The molecule has 0 N–H and O–H groups in total. The van der Waals surface area contributed by atoms with Gasteiger partial charge >= 0.3 is 0 Å². The van der Waals surface area contributed by atoms with Crippen LogP contribution in [-0.2, 0) is 0 Å². The summed E-state index contributed by atoms with van der Waals surface area (Å²) < 4.78 is 0. The highest BCUT2D eigenvalue weighted by Crippen LogP contribution is 2.14. The average molecular weight is 343 g/mol. The maximum Gasteiger partial charge on any atom is 0.0305 e. The minimum absolute atomic E-state index is 0.265. The average Bonchev–Trinajstić information content (AvgIpc) is 2.46. The molecule has 22 heavy (non-hydrogen) atoms. The first kappa shape index (κ1) is 22.4. The zero-order valence-corrected chi connectivity index (χ0v) is 18.8. The van der Waals surface area contributed by atoms with E-state index in [9.17, 15) is 0 Å². The quantitative estimate of drug-likeness (QED) is 0.190. The van der Waals surface area contributed by atoms with Gasteiger partial charge in [-0.15, -0.1) is 0 Å². The Morgan fingerprint density at radius 1 is 0.318 bits per heavy atom. The highest BCUT2D eigenvalue weighted by atomic mass is 28.3. The van der Waals surface area contributed by atoms with Crippen molar-refractivity contribution in [2.75, 3.05) is 0 Å². The Labute approximate surface area is 146 Å². The highest BCUT2D eigenvalue weighted by Gasteiger charge is 1.97. The van der Waals surface area contributed by atoms with Crippen LogP contribution in [0.4, 0.5) is 0 Å². The third-order valence-electron chi connectivity index (χ3n) is 4.81. The van der Waals surface area contributed by atoms with Gasteiger partial charge in [0.2, 0.25) is 0 Å². The summed E-state index contributed by atoms with van der Waals surface area (Å²) in [5.74, 6) is 0. The van der Waals surface area contributed by atoms with Crippen LogP contribution in [0, 0.1) is 0 Å². The number of unbranched alkanes of at least 4 members (excludes halogenated alkanes) is 13. The summed E-state index contributed by atoms with van der Waals surface area (Å²) in [4.78, 5) is 0. The summed E-state index contributed by atoms with van der Waals surface area (Å²) in [7, 11) is -0.529. The zero-order valence-electron chi connectivity index (χ0n) is 16.5. The van der Waals surface area contributed by atoms with Crippen LogP contribution < -0.4 is 0 Å². The molecule has 0 unspecified atom stereocenters. The Morgan fingerprint density at radius 2 is 0.500 bits per heavy atom. The lowest BCUT2D eigenvalue weighted by Gasteiger charge is -2.05. The second kappa shape index (κ2) is 17.8. The van der Waals surface area contributed by atoms with Gasteiger partial charge in [0.25, 0.3) is 0 Å². The fourth-order valence-electron chi connectivity index (χ4n) is 3.23. The number of hydrogen-bond acceptors (Lipinski definition) is 0. The Kier molecular flexibility index (Phi) is 18.1. The van der Waals surface area contributed by atoms with Crippen LogP contribution in [0.15, 0.2) is 0 Å². The Bertz CT molecular complexity index is 180. The van der Waals surface area contributed by atoms with Gasteiger partial charge in [0.1, 0.15) is 0 Å². The fraction of sp³-hybridized carbons (Fsp3) is 1.00. The van der Waals surface area contributed by atoms with Gasteiger partial charge in [-0.05, 0) is 0 Å². The van der Waals surface area contributed by atoms with Gasteiger partial charge in [-0.25, -0.2) is 0 Å². The Hall–Kier alpha value is 0.434. The standard InChI is InChI=1S/C20H46Si2/c1-21(2)19-17-15-13-11-9-7-5-6-8-10-12-14-16-18-20-22(3)4/h21-22H,5-20H2,1-4H3. The van der Waals surface area contributed by atoms with E-state index in [2.05, 4.69) is 26.2 Å². The molecule has 0 amide bonds. The molecule has 0 bridgehead atoms. The molecule has 0 aliphatic carbocycles. The molecule has 134 valence electrons. The van der Waals surface area contributed by atoms with E-state index in [0.717, 1.165) is 0 Å². The van der Waals surface area contributed by atoms with Crippen molar-refractivity contribution in [1.82, 2.24) is 0 Å². The zero-order chi connectivity index (χ0) is 16.5. The van der Waals surface area contributed by atoms with Gasteiger partial charge in [0.15, 0.2) is 0 Å². The summed E-state index contributed by atoms with van der Waals surface area (Å²) >= 11 is 0. The van der Waals surface area contributed by atoms with Crippen LogP contribution in [0.3, 0.4) is 0 Å². The third kappa shape index (κ3) is 20.4. The largest absolute Gasteiger partial charge is 0.0722 e. The highest BCUT2D eigenvalue weighted by molar-refractivity contribution is 6.55. The smallest absolute Gasteiger partial charge is 0.0305 e. The van der Waals surface area contributed by atoms with Gasteiger partial charge in [-0.1, -0.05) is 128 Å². The first-order valence-electron chi connectivity index (χ1n) is 10.6. The summed E-state index contributed by atoms with van der Waals surface area (Å²) in [6.07, 6.45) is 21.0. The van der Waals surface area contributed by atoms with Crippen molar-refractivity contribution in [2.24, 2.45) is 0 Å². The first-order valence-corrected chi connectivity index (χ1v) is 16.9. The predicted octanol–water partition coefficient (Wildman–Crippen LogP) is 7.42. The Morgan fingerprint density at radius 3 is 0.682 bits per heavy atom. The van der Waals surface area contributed by atoms with E-state index >= 15 is 0 Å². The molecule has 0 spiro atoms. The van der Waals surface area contributed by atoms with E-state index in [-0.39, 0.29) is 17.6 Å². The molecule has 2 heteroatoms. The van der Waals surface area contributed by atoms with Crippen molar-refractivity contribution in [3.63, 3.8) is 0 Å². The molecule has 0 aliphatic heterocycles. The van der Waals surface area contributed by atoms with Gasteiger partial charge < -0.3 is 0 Å². The van der Waals surface area contributed by atoms with Crippen LogP contribution in [0.2, 0.25) is 38.3 Å². The molecule has 0 atom stereocenters. The topological polar surface area (TPSA) is 0 Å². The second-order valence-corrected chi connectivity index (χ2v) is 15.0. The van der Waals surface area contributed by atoms with Crippen molar-refractivity contribution in [1.29, 1.82) is 0 Å². The van der Waals surface area contributed by atoms with Crippen molar-refractivity contribution in [3.8, 4) is 0 Å². The SMILES string of the molecule is C[SiH](C)CCCCCCCCCCCCCCCC[SiH](C)C. The van der Waals surface area contributed by atoms with Gasteiger partial charge in [-0.3, -0.25) is 0 Å². The van der Waals surface area contributed by atoms with Gasteiger partial charge in [0, 0.05) is 17.6 Å². The summed E-state index contributed by atoms with van der Waals surface area (Å²) in [5, 5.41) is 0. The summed E-state index contributed by atoms with van der Waals surface area (Å²) in [6.45, 7) is 9.92. The van der Waals surface area contributed by atoms with E-state index in [1.165, 1.54) is 89.9 Å². The minimum Gasteiger partial charge on any atom is -0.0722 e. The van der Waals surface area contributed by atoms with Crippen LogP contribution in [0.5, 0.6) is 0 Å². The lowest BCUT2D eigenvalue weighted by molar-refractivity contribution is 0.538. The molecule has 0 saturated heterocycles. The molecular formula is C20H46Si2. The van der Waals surface area contributed by atoms with Crippen LogP contribution in [0.1, 0.15) is 89.9 Å². The molecule has 0 nitrogen and oxygen atoms in total. The molecule has 0 rings (SSSR count). The number of rotatable bonds is 17. The van der Waals surface area contributed by atoms with Crippen molar-refractivity contribution >= 4 is 17.6 Å². The van der Waals surface area contributed by atoms with E-state index in [1.54, 1.807) is 12.1 Å². The van der Waals surface area contributed by atoms with E-state index in [0.29, 0.717) is 0 Å². The molecule has 0 aromatic carbocycles. The molecule has 0 aromatic rings. The van der Waals surface area contributed by atoms with Crippen molar-refractivity contribution in [3.05, 3.63) is 0 Å². The lowest BCUT2D eigenvalue weighted by Crippen LogP contribution is -1.97. The Balaban J connectivity index is 2.97. The van der Waals surface area contributed by atoms with Crippen molar-refractivity contribution in [2.45, 2.75) is 128 Å². The predicted molar refractivity (Wildman–Crippen MR) is 112 cm³/mol. The molecule has 0 radical (unpaired) electrons. The molecule has 0 saturated carbocycles. The molecule has 0 aromatic heterocycles. The molecular weight excluding hydrogens is 296 g/mol. The fourth-order valence-corrected chi connectivity index (χ4v) is 5.44. The van der Waals surface area contributed by atoms with Gasteiger partial charge in [-0.2, -0.15) is 0 Å². The van der Waals surface area contributed by atoms with E-state index in [4.69, 9.17) is 0 Å². The number of hydrogen-bond donors (Lipinski definition) is 0. The van der Waals surface area contributed by atoms with Crippen LogP contribution in [0.25, 0.3) is 0 Å². The summed E-state index contributed by atoms with van der Waals surface area (Å²) in [6, 6.07) is 3.14. The normalized spacial score (nSPS) is 11.7. The lowest BCUT2D eigenvalue weighted by atomic mass is 10.0. The third-order valence-corrected chi connectivity index (χ3v) is 7.94.